The summed E-state index contributed by atoms with van der Waals surface area (Å²) >= 11 is 4.66. The number of amides is 1. The second kappa shape index (κ2) is 8.63. The van der Waals surface area contributed by atoms with Gasteiger partial charge in [0.1, 0.15) is 6.61 Å². The molecule has 1 heterocycles. The molecule has 27 heavy (non-hydrogen) atoms. The zero-order valence-corrected chi connectivity index (χ0v) is 17.4. The molecule has 3 rings (SSSR count). The fourth-order valence-electron chi connectivity index (χ4n) is 2.59. The van der Waals surface area contributed by atoms with Crippen LogP contribution in [0, 0.1) is 12.3 Å². The highest BCUT2D eigenvalue weighted by atomic mass is 79.9. The smallest absolute Gasteiger partial charge is 0.264 e. The van der Waals surface area contributed by atoms with Crippen molar-refractivity contribution in [2.24, 2.45) is 0 Å². The fourth-order valence-corrected chi connectivity index (χ4v) is 3.87. The van der Waals surface area contributed by atoms with Gasteiger partial charge in [-0.1, -0.05) is 24.3 Å². The number of hydrogen-bond donors (Lipinski definition) is 2. The number of carbonyl (C=O) groups is 1. The molecule has 0 unspecified atom stereocenters. The summed E-state index contributed by atoms with van der Waals surface area (Å²) < 4.78 is 12.5. The first kappa shape index (κ1) is 19.5. The van der Waals surface area contributed by atoms with Crippen LogP contribution in [0.1, 0.15) is 23.6 Å². The van der Waals surface area contributed by atoms with Crippen molar-refractivity contribution in [2.45, 2.75) is 20.5 Å². The quantitative estimate of drug-likeness (QED) is 0.620. The molecule has 1 amide bonds. The zero-order valence-electron chi connectivity index (χ0n) is 15.0. The van der Waals surface area contributed by atoms with Gasteiger partial charge in [0.25, 0.3) is 5.91 Å². The molecule has 1 fully saturated rings. The number of ether oxygens (including phenoxy) is 2. The Balaban J connectivity index is 1.88. The lowest BCUT2D eigenvalue weighted by atomic mass is 10.1. The Hall–Kier alpha value is -2.25. The first-order chi connectivity index (χ1) is 13.0. The number of halogens is 1. The van der Waals surface area contributed by atoms with Crippen LogP contribution in [-0.2, 0) is 11.4 Å². The number of benzene rings is 2. The Labute approximate surface area is 170 Å². The van der Waals surface area contributed by atoms with Crippen LogP contribution in [0.5, 0.6) is 11.5 Å². The minimum atomic E-state index is -0.265. The molecule has 0 aromatic heterocycles. The minimum absolute atomic E-state index is 0.133. The third-order valence-corrected chi connectivity index (χ3v) is 5.34. The van der Waals surface area contributed by atoms with E-state index < -0.39 is 0 Å². The Kier molecular flexibility index (Phi) is 6.23. The predicted molar refractivity (Wildman–Crippen MR) is 112 cm³/mol. The SMILES string of the molecule is CCOc1cc(C=C2SC(=N)NC2=O)cc(Br)c1OCc1ccccc1C. The van der Waals surface area contributed by atoms with E-state index >= 15 is 0 Å². The van der Waals surface area contributed by atoms with Gasteiger partial charge in [-0.2, -0.15) is 0 Å². The number of carbonyl (C=O) groups excluding carboxylic acids is 1. The number of rotatable bonds is 6. The largest absolute Gasteiger partial charge is 0.490 e. The Bertz CT molecular complexity index is 927. The minimum Gasteiger partial charge on any atom is -0.490 e. The van der Waals surface area contributed by atoms with E-state index in [-0.39, 0.29) is 11.1 Å². The number of hydrogen-bond acceptors (Lipinski definition) is 5. The van der Waals surface area contributed by atoms with Crippen LogP contribution >= 0.6 is 27.7 Å². The van der Waals surface area contributed by atoms with Crippen LogP contribution in [0.2, 0.25) is 0 Å². The van der Waals surface area contributed by atoms with Crippen LogP contribution in [-0.4, -0.2) is 17.7 Å². The highest BCUT2D eigenvalue weighted by molar-refractivity contribution is 9.10. The molecule has 1 aliphatic rings. The second-order valence-electron chi connectivity index (χ2n) is 5.87. The van der Waals surface area contributed by atoms with Gasteiger partial charge in [-0.15, -0.1) is 0 Å². The van der Waals surface area contributed by atoms with E-state index in [9.17, 15) is 4.79 Å². The predicted octanol–water partition coefficient (Wildman–Crippen LogP) is 4.87. The van der Waals surface area contributed by atoms with Gasteiger partial charge in [-0.05, 0) is 76.4 Å². The molecule has 5 nitrogen and oxygen atoms in total. The van der Waals surface area contributed by atoms with Crippen molar-refractivity contribution in [1.29, 1.82) is 5.41 Å². The maximum absolute atomic E-state index is 11.8. The van der Waals surface area contributed by atoms with Crippen molar-refractivity contribution in [3.05, 3.63) is 62.5 Å². The summed E-state index contributed by atoms with van der Waals surface area (Å²) in [6.45, 7) is 4.88. The van der Waals surface area contributed by atoms with Crippen LogP contribution in [0.4, 0.5) is 0 Å². The van der Waals surface area contributed by atoms with E-state index in [4.69, 9.17) is 14.9 Å². The molecular weight excluding hydrogens is 428 g/mol. The van der Waals surface area contributed by atoms with Crippen molar-refractivity contribution >= 4 is 44.8 Å². The monoisotopic (exact) mass is 446 g/mol. The average Bonchev–Trinajstić information content (AvgIpc) is 2.93. The van der Waals surface area contributed by atoms with Crippen molar-refractivity contribution in [2.75, 3.05) is 6.61 Å². The molecule has 1 aliphatic heterocycles. The Morgan fingerprint density at radius 2 is 2.04 bits per heavy atom. The van der Waals surface area contributed by atoms with Gasteiger partial charge in [0.2, 0.25) is 0 Å². The van der Waals surface area contributed by atoms with Gasteiger partial charge in [-0.3, -0.25) is 10.2 Å². The molecule has 140 valence electrons. The summed E-state index contributed by atoms with van der Waals surface area (Å²) in [7, 11) is 0. The maximum atomic E-state index is 11.8. The van der Waals surface area contributed by atoms with Gasteiger partial charge in [0.05, 0.1) is 16.0 Å². The molecule has 0 aliphatic carbocycles. The molecule has 0 atom stereocenters. The highest BCUT2D eigenvalue weighted by Crippen LogP contribution is 2.39. The van der Waals surface area contributed by atoms with Gasteiger partial charge in [-0.25, -0.2) is 0 Å². The second-order valence-corrected chi connectivity index (χ2v) is 7.78. The summed E-state index contributed by atoms with van der Waals surface area (Å²) in [5.74, 6) is 0.961. The highest BCUT2D eigenvalue weighted by Gasteiger charge is 2.22. The lowest BCUT2D eigenvalue weighted by molar-refractivity contribution is -0.115. The van der Waals surface area contributed by atoms with Gasteiger partial charge >= 0.3 is 0 Å². The molecule has 0 spiro atoms. The van der Waals surface area contributed by atoms with E-state index in [1.807, 2.05) is 50.2 Å². The molecule has 2 N–H and O–H groups in total. The molecule has 0 bridgehead atoms. The third kappa shape index (κ3) is 4.73. The first-order valence-electron chi connectivity index (χ1n) is 8.41. The summed E-state index contributed by atoms with van der Waals surface area (Å²) in [5.41, 5.74) is 3.07. The summed E-state index contributed by atoms with van der Waals surface area (Å²) in [6.07, 6.45) is 1.74. The third-order valence-electron chi connectivity index (χ3n) is 3.93. The number of thioether (sulfide) groups is 1. The lowest BCUT2D eigenvalue weighted by Crippen LogP contribution is -2.18. The normalized spacial score (nSPS) is 15.1. The molecule has 0 radical (unpaired) electrons. The van der Waals surface area contributed by atoms with Crippen molar-refractivity contribution < 1.29 is 14.3 Å². The Morgan fingerprint density at radius 3 is 2.70 bits per heavy atom. The van der Waals surface area contributed by atoms with E-state index in [0.717, 1.165) is 27.4 Å². The Morgan fingerprint density at radius 1 is 1.26 bits per heavy atom. The standard InChI is InChI=1S/C20H19BrN2O3S/c1-3-25-16-9-13(10-17-19(24)23-20(22)27-17)8-15(21)18(16)26-11-14-7-5-4-6-12(14)2/h4-10H,3,11H2,1-2H3,(H2,22,23,24). The number of nitrogens with one attached hydrogen (secondary N) is 2. The van der Waals surface area contributed by atoms with Crippen molar-refractivity contribution in [1.82, 2.24) is 5.32 Å². The molecule has 0 saturated carbocycles. The summed E-state index contributed by atoms with van der Waals surface area (Å²) in [6, 6.07) is 11.8. The van der Waals surface area contributed by atoms with E-state index in [0.29, 0.717) is 29.6 Å². The summed E-state index contributed by atoms with van der Waals surface area (Å²) in [5, 5.41) is 10.2. The van der Waals surface area contributed by atoms with Crippen LogP contribution in [0.3, 0.4) is 0 Å². The molecular formula is C20H19BrN2O3S. The fraction of sp³-hybridized carbons (Fsp3) is 0.200. The van der Waals surface area contributed by atoms with E-state index in [1.54, 1.807) is 6.08 Å². The van der Waals surface area contributed by atoms with Gasteiger partial charge in [0, 0.05) is 0 Å². The summed E-state index contributed by atoms with van der Waals surface area (Å²) in [4.78, 5) is 12.3. The lowest BCUT2D eigenvalue weighted by Gasteiger charge is -2.15. The van der Waals surface area contributed by atoms with Crippen molar-refractivity contribution in [3.63, 3.8) is 0 Å². The average molecular weight is 447 g/mol. The van der Waals surface area contributed by atoms with Crippen LogP contribution in [0.25, 0.3) is 6.08 Å². The molecule has 1 saturated heterocycles. The number of aryl methyl sites for hydroxylation is 1. The maximum Gasteiger partial charge on any atom is 0.264 e. The number of amidine groups is 1. The van der Waals surface area contributed by atoms with Crippen molar-refractivity contribution in [3.8, 4) is 11.5 Å². The van der Waals surface area contributed by atoms with Crippen LogP contribution in [0.15, 0.2) is 45.8 Å². The first-order valence-corrected chi connectivity index (χ1v) is 10.0. The van der Waals surface area contributed by atoms with Crippen LogP contribution < -0.4 is 14.8 Å². The molecule has 2 aromatic rings. The van der Waals surface area contributed by atoms with E-state index in [2.05, 4.69) is 21.2 Å². The molecule has 7 heteroatoms. The van der Waals surface area contributed by atoms with E-state index in [1.165, 1.54) is 5.56 Å². The topological polar surface area (TPSA) is 71.4 Å². The molecule has 2 aromatic carbocycles. The van der Waals surface area contributed by atoms with Gasteiger partial charge in [0.15, 0.2) is 16.7 Å². The zero-order chi connectivity index (χ0) is 19.4. The van der Waals surface area contributed by atoms with Gasteiger partial charge < -0.3 is 14.8 Å².